The van der Waals surface area contributed by atoms with E-state index in [1.165, 1.54) is 15.1 Å². The van der Waals surface area contributed by atoms with Crippen molar-refractivity contribution in [1.82, 2.24) is 19.2 Å². The second kappa shape index (κ2) is 4.37. The van der Waals surface area contributed by atoms with E-state index in [-0.39, 0.29) is 5.69 Å². The highest BCUT2D eigenvalue weighted by molar-refractivity contribution is 7.10. The summed E-state index contributed by atoms with van der Waals surface area (Å²) in [6.45, 7) is 5.51. The van der Waals surface area contributed by atoms with E-state index in [4.69, 9.17) is 0 Å². The largest absolute Gasteiger partial charge is 0.345 e. The van der Waals surface area contributed by atoms with Crippen LogP contribution in [0.1, 0.15) is 16.3 Å². The first-order valence-corrected chi connectivity index (χ1v) is 6.91. The number of aromatic nitrogens is 3. The molecule has 3 heterocycles. The molecule has 5 nitrogen and oxygen atoms in total. The fraction of sp³-hybridized carbons (Fsp3) is 0.500. The summed E-state index contributed by atoms with van der Waals surface area (Å²) < 4.78 is 3.20. The third-order valence-corrected chi connectivity index (χ3v) is 4.43. The summed E-state index contributed by atoms with van der Waals surface area (Å²) in [5.41, 5.74) is 1.35. The molecule has 1 aliphatic rings. The standard InChI is InChI=1S/C12H16N4OS/c1-9-3-6-18-10(9)7-15-4-5-16-11(8-15)13-14(2)12(16)17/h3,6H,4-5,7-8H2,1-2H3. The first kappa shape index (κ1) is 11.7. The average Bonchev–Trinajstić information content (AvgIpc) is 2.86. The van der Waals surface area contributed by atoms with E-state index >= 15 is 0 Å². The molecule has 6 heteroatoms. The molecule has 0 aromatic carbocycles. The Morgan fingerprint density at radius 3 is 3.00 bits per heavy atom. The van der Waals surface area contributed by atoms with E-state index in [0.29, 0.717) is 0 Å². The fourth-order valence-electron chi connectivity index (χ4n) is 2.32. The van der Waals surface area contributed by atoms with Gasteiger partial charge >= 0.3 is 5.69 Å². The van der Waals surface area contributed by atoms with Gasteiger partial charge in [0.05, 0.1) is 6.54 Å². The molecule has 0 radical (unpaired) electrons. The van der Waals surface area contributed by atoms with Gasteiger partial charge in [-0.2, -0.15) is 5.10 Å². The predicted molar refractivity (Wildman–Crippen MR) is 70.6 cm³/mol. The molecular weight excluding hydrogens is 248 g/mol. The number of thiophene rings is 1. The second-order valence-corrected chi connectivity index (χ2v) is 5.71. The number of hydrogen-bond acceptors (Lipinski definition) is 4. The van der Waals surface area contributed by atoms with Gasteiger partial charge in [0.1, 0.15) is 5.82 Å². The minimum atomic E-state index is -0.00282. The maximum absolute atomic E-state index is 11.7. The lowest BCUT2D eigenvalue weighted by Gasteiger charge is -2.26. The average molecular weight is 264 g/mol. The van der Waals surface area contributed by atoms with Gasteiger partial charge in [0.2, 0.25) is 0 Å². The van der Waals surface area contributed by atoms with Crippen LogP contribution in [0.2, 0.25) is 0 Å². The van der Waals surface area contributed by atoms with Crippen molar-refractivity contribution in [3.63, 3.8) is 0 Å². The van der Waals surface area contributed by atoms with Crippen LogP contribution in [0.4, 0.5) is 0 Å². The Labute approximate surface area is 109 Å². The molecule has 96 valence electrons. The fourth-order valence-corrected chi connectivity index (χ4v) is 3.27. The molecule has 0 fully saturated rings. The van der Waals surface area contributed by atoms with Gasteiger partial charge in [0, 0.05) is 31.6 Å². The van der Waals surface area contributed by atoms with Crippen molar-refractivity contribution in [2.45, 2.75) is 26.6 Å². The van der Waals surface area contributed by atoms with Gasteiger partial charge in [-0.25, -0.2) is 9.48 Å². The zero-order valence-corrected chi connectivity index (χ0v) is 11.4. The number of aryl methyl sites for hydroxylation is 2. The topological polar surface area (TPSA) is 43.1 Å². The zero-order chi connectivity index (χ0) is 12.7. The lowest BCUT2D eigenvalue weighted by atomic mass is 10.2. The van der Waals surface area contributed by atoms with Gasteiger partial charge in [0.15, 0.2) is 0 Å². The Hall–Kier alpha value is -1.40. The van der Waals surface area contributed by atoms with Gasteiger partial charge in [-0.3, -0.25) is 9.47 Å². The Morgan fingerprint density at radius 2 is 2.28 bits per heavy atom. The van der Waals surface area contributed by atoms with E-state index in [9.17, 15) is 4.79 Å². The minimum absolute atomic E-state index is 0.00282. The van der Waals surface area contributed by atoms with Crippen LogP contribution in [-0.4, -0.2) is 25.8 Å². The van der Waals surface area contributed by atoms with E-state index in [1.807, 2.05) is 0 Å². The normalized spacial score (nSPS) is 15.9. The summed E-state index contributed by atoms with van der Waals surface area (Å²) in [7, 11) is 1.71. The summed E-state index contributed by atoms with van der Waals surface area (Å²) in [6, 6.07) is 2.15. The third-order valence-electron chi connectivity index (χ3n) is 3.42. The van der Waals surface area contributed by atoms with E-state index in [1.54, 1.807) is 23.0 Å². The van der Waals surface area contributed by atoms with Crippen molar-refractivity contribution in [3.05, 3.63) is 38.2 Å². The molecule has 0 saturated carbocycles. The van der Waals surface area contributed by atoms with Crippen molar-refractivity contribution >= 4 is 11.3 Å². The molecule has 0 saturated heterocycles. The first-order chi connectivity index (χ1) is 8.65. The molecular formula is C12H16N4OS. The molecule has 3 rings (SSSR count). The molecule has 0 atom stereocenters. The Balaban J connectivity index is 1.79. The van der Waals surface area contributed by atoms with Crippen molar-refractivity contribution in [3.8, 4) is 0 Å². The maximum atomic E-state index is 11.7. The van der Waals surface area contributed by atoms with Crippen LogP contribution in [0.3, 0.4) is 0 Å². The number of hydrogen-bond donors (Lipinski definition) is 0. The van der Waals surface area contributed by atoms with Gasteiger partial charge in [-0.15, -0.1) is 11.3 Å². The van der Waals surface area contributed by atoms with Crippen LogP contribution in [-0.2, 0) is 26.7 Å². The molecule has 0 unspecified atom stereocenters. The zero-order valence-electron chi connectivity index (χ0n) is 10.6. The lowest BCUT2D eigenvalue weighted by Crippen LogP contribution is -2.37. The van der Waals surface area contributed by atoms with E-state index in [0.717, 1.165) is 32.0 Å². The minimum Gasteiger partial charge on any atom is -0.289 e. The summed E-state index contributed by atoms with van der Waals surface area (Å²) >= 11 is 1.80. The summed E-state index contributed by atoms with van der Waals surface area (Å²) in [6.07, 6.45) is 0. The Morgan fingerprint density at radius 1 is 1.44 bits per heavy atom. The maximum Gasteiger partial charge on any atom is 0.345 e. The summed E-state index contributed by atoms with van der Waals surface area (Å²) in [4.78, 5) is 15.5. The SMILES string of the molecule is Cc1ccsc1CN1CCn2c(nn(C)c2=O)C1. The molecule has 2 aromatic rings. The van der Waals surface area contributed by atoms with Crippen LogP contribution < -0.4 is 5.69 Å². The van der Waals surface area contributed by atoms with Crippen molar-refractivity contribution < 1.29 is 0 Å². The molecule has 0 aliphatic carbocycles. The summed E-state index contributed by atoms with van der Waals surface area (Å²) in [5, 5.41) is 6.41. The highest BCUT2D eigenvalue weighted by Gasteiger charge is 2.21. The summed E-state index contributed by atoms with van der Waals surface area (Å²) in [5.74, 6) is 0.878. The number of rotatable bonds is 2. The molecule has 1 aliphatic heterocycles. The smallest absolute Gasteiger partial charge is 0.289 e. The van der Waals surface area contributed by atoms with Crippen molar-refractivity contribution in [2.24, 2.45) is 7.05 Å². The van der Waals surface area contributed by atoms with E-state index in [2.05, 4.69) is 28.4 Å². The monoisotopic (exact) mass is 264 g/mol. The molecule has 0 N–H and O–H groups in total. The highest BCUT2D eigenvalue weighted by Crippen LogP contribution is 2.19. The van der Waals surface area contributed by atoms with E-state index < -0.39 is 0 Å². The van der Waals surface area contributed by atoms with Gasteiger partial charge in [0.25, 0.3) is 0 Å². The third kappa shape index (κ3) is 1.91. The molecule has 2 aromatic heterocycles. The molecule has 0 spiro atoms. The predicted octanol–water partition coefficient (Wildman–Crippen LogP) is 0.968. The Kier molecular flexibility index (Phi) is 2.83. The Bertz CT molecular complexity index is 624. The quantitative estimate of drug-likeness (QED) is 0.811. The van der Waals surface area contributed by atoms with Crippen LogP contribution in [0.5, 0.6) is 0 Å². The van der Waals surface area contributed by atoms with Crippen LogP contribution in [0.15, 0.2) is 16.2 Å². The van der Waals surface area contributed by atoms with Crippen molar-refractivity contribution in [2.75, 3.05) is 6.54 Å². The van der Waals surface area contributed by atoms with Crippen LogP contribution >= 0.6 is 11.3 Å². The number of fused-ring (bicyclic) bond motifs is 1. The van der Waals surface area contributed by atoms with Gasteiger partial charge < -0.3 is 0 Å². The number of nitrogens with zero attached hydrogens (tertiary/aromatic N) is 4. The van der Waals surface area contributed by atoms with Crippen LogP contribution in [0.25, 0.3) is 0 Å². The van der Waals surface area contributed by atoms with Gasteiger partial charge in [-0.05, 0) is 23.9 Å². The second-order valence-electron chi connectivity index (χ2n) is 4.71. The van der Waals surface area contributed by atoms with Crippen LogP contribution in [0, 0.1) is 6.92 Å². The van der Waals surface area contributed by atoms with Crippen molar-refractivity contribution in [1.29, 1.82) is 0 Å². The molecule has 18 heavy (non-hydrogen) atoms. The lowest BCUT2D eigenvalue weighted by molar-refractivity contribution is 0.208. The highest BCUT2D eigenvalue weighted by atomic mass is 32.1. The molecule has 0 amide bonds. The van der Waals surface area contributed by atoms with Gasteiger partial charge in [-0.1, -0.05) is 0 Å². The first-order valence-electron chi connectivity index (χ1n) is 6.03. The molecule has 0 bridgehead atoms.